The lowest BCUT2D eigenvalue weighted by Gasteiger charge is -2.26. The Morgan fingerprint density at radius 2 is 1.69 bits per heavy atom. The minimum absolute atomic E-state index is 0.183. The van der Waals surface area contributed by atoms with Crippen molar-refractivity contribution in [3.8, 4) is 6.07 Å². The second-order valence-corrected chi connectivity index (χ2v) is 8.25. The topological polar surface area (TPSA) is 77.3 Å². The standard InChI is InChI=1S/C26H22N4OS/c1-18-23(25(31)29-22-14-6-3-7-15-22)24(19-10-4-2-5-11-19)30-26(28-18)32-17-21-13-9-8-12-20(21)16-27/h2-15,24H,17H2,1H3,(H,28,30)(H,29,31)/t24-/m0/s1. The van der Waals surface area contributed by atoms with Gasteiger partial charge in [0.15, 0.2) is 5.17 Å². The predicted octanol–water partition coefficient (Wildman–Crippen LogP) is 5.40. The van der Waals surface area contributed by atoms with E-state index in [9.17, 15) is 10.1 Å². The molecule has 4 rings (SSSR count). The average Bonchev–Trinajstić information content (AvgIpc) is 2.83. The number of anilines is 1. The Kier molecular flexibility index (Phi) is 6.69. The van der Waals surface area contributed by atoms with Crippen LogP contribution in [0.25, 0.3) is 0 Å². The number of benzene rings is 3. The molecule has 0 unspecified atom stereocenters. The van der Waals surface area contributed by atoms with Crippen LogP contribution < -0.4 is 10.6 Å². The van der Waals surface area contributed by atoms with Gasteiger partial charge in [-0.3, -0.25) is 4.79 Å². The van der Waals surface area contributed by atoms with E-state index in [4.69, 9.17) is 4.99 Å². The van der Waals surface area contributed by atoms with Gasteiger partial charge in [-0.1, -0.05) is 78.5 Å². The third-order valence-corrected chi connectivity index (χ3v) is 6.05. The summed E-state index contributed by atoms with van der Waals surface area (Å²) in [7, 11) is 0. The van der Waals surface area contributed by atoms with Gasteiger partial charge < -0.3 is 10.6 Å². The molecular weight excluding hydrogens is 416 g/mol. The molecule has 3 aromatic rings. The SMILES string of the molecule is CC1=C(C(=O)Nc2ccccc2)[C@H](c2ccccc2)N=C(SCc2ccccc2C#N)N1. The number of aliphatic imine (C=N–C) groups is 1. The molecule has 0 aromatic heterocycles. The second kappa shape index (κ2) is 9.99. The first kappa shape index (κ1) is 21.4. The minimum atomic E-state index is -0.421. The molecule has 0 spiro atoms. The summed E-state index contributed by atoms with van der Waals surface area (Å²) in [6.45, 7) is 1.90. The highest BCUT2D eigenvalue weighted by Crippen LogP contribution is 2.33. The van der Waals surface area contributed by atoms with Gasteiger partial charge in [0.05, 0.1) is 17.2 Å². The summed E-state index contributed by atoms with van der Waals surface area (Å²) < 4.78 is 0. The highest BCUT2D eigenvalue weighted by Gasteiger charge is 2.29. The lowest BCUT2D eigenvalue weighted by molar-refractivity contribution is -0.113. The molecule has 1 heterocycles. The number of para-hydroxylation sites is 1. The smallest absolute Gasteiger partial charge is 0.255 e. The van der Waals surface area contributed by atoms with Crippen LogP contribution in [0.1, 0.15) is 29.7 Å². The van der Waals surface area contributed by atoms with Gasteiger partial charge in [-0.25, -0.2) is 4.99 Å². The summed E-state index contributed by atoms with van der Waals surface area (Å²) in [5.74, 6) is 0.424. The number of nitriles is 1. The summed E-state index contributed by atoms with van der Waals surface area (Å²) in [6.07, 6.45) is 0. The number of nitrogens with zero attached hydrogens (tertiary/aromatic N) is 2. The van der Waals surface area contributed by atoms with Gasteiger partial charge in [-0.15, -0.1) is 0 Å². The molecule has 1 aliphatic heterocycles. The molecule has 0 radical (unpaired) electrons. The van der Waals surface area contributed by atoms with E-state index in [0.29, 0.717) is 16.9 Å². The van der Waals surface area contributed by atoms with Gasteiger partial charge in [0.1, 0.15) is 6.04 Å². The maximum absolute atomic E-state index is 13.2. The lowest BCUT2D eigenvalue weighted by Crippen LogP contribution is -2.32. The molecule has 3 aromatic carbocycles. The van der Waals surface area contributed by atoms with Crippen LogP contribution in [-0.2, 0) is 10.5 Å². The van der Waals surface area contributed by atoms with Gasteiger partial charge in [-0.2, -0.15) is 5.26 Å². The Hall–Kier alpha value is -3.82. The third kappa shape index (κ3) is 4.90. The van der Waals surface area contributed by atoms with Crippen molar-refractivity contribution in [2.75, 3.05) is 5.32 Å². The number of hydrogen-bond donors (Lipinski definition) is 2. The Bertz CT molecular complexity index is 1210. The van der Waals surface area contributed by atoms with Gasteiger partial charge in [0.25, 0.3) is 5.91 Å². The number of amides is 1. The zero-order valence-corrected chi connectivity index (χ0v) is 18.4. The van der Waals surface area contributed by atoms with E-state index >= 15 is 0 Å². The molecule has 0 saturated carbocycles. The molecule has 5 nitrogen and oxygen atoms in total. The summed E-state index contributed by atoms with van der Waals surface area (Å²) >= 11 is 1.52. The summed E-state index contributed by atoms with van der Waals surface area (Å²) in [5, 5.41) is 16.3. The molecule has 0 saturated heterocycles. The van der Waals surface area contributed by atoms with Crippen molar-refractivity contribution in [3.05, 3.63) is 113 Å². The number of hydrogen-bond acceptors (Lipinski definition) is 5. The molecule has 158 valence electrons. The van der Waals surface area contributed by atoms with Crippen molar-refractivity contribution in [3.63, 3.8) is 0 Å². The van der Waals surface area contributed by atoms with Crippen molar-refractivity contribution in [1.29, 1.82) is 5.26 Å². The fraction of sp³-hybridized carbons (Fsp3) is 0.115. The van der Waals surface area contributed by atoms with E-state index in [1.165, 1.54) is 11.8 Å². The normalized spacial score (nSPS) is 15.4. The Labute approximate surface area is 191 Å². The number of carbonyl (C=O) groups is 1. The summed E-state index contributed by atoms with van der Waals surface area (Å²) in [6, 6.07) is 28.6. The van der Waals surface area contributed by atoms with Crippen molar-refractivity contribution in [2.45, 2.75) is 18.7 Å². The van der Waals surface area contributed by atoms with E-state index in [-0.39, 0.29) is 5.91 Å². The first-order chi connectivity index (χ1) is 15.7. The Morgan fingerprint density at radius 3 is 2.41 bits per heavy atom. The number of rotatable bonds is 5. The van der Waals surface area contributed by atoms with Crippen LogP contribution in [0.4, 0.5) is 5.69 Å². The molecular formula is C26H22N4OS. The highest BCUT2D eigenvalue weighted by molar-refractivity contribution is 8.13. The quantitative estimate of drug-likeness (QED) is 0.559. The average molecular weight is 439 g/mol. The molecule has 1 aliphatic rings. The fourth-order valence-corrected chi connectivity index (χ4v) is 4.46. The van der Waals surface area contributed by atoms with Crippen LogP contribution in [0.15, 0.2) is 101 Å². The first-order valence-electron chi connectivity index (χ1n) is 10.2. The molecule has 1 amide bonds. The fourth-order valence-electron chi connectivity index (χ4n) is 3.51. The van der Waals surface area contributed by atoms with Gasteiger partial charge >= 0.3 is 0 Å². The van der Waals surface area contributed by atoms with Crippen LogP contribution in [-0.4, -0.2) is 11.1 Å². The molecule has 0 bridgehead atoms. The van der Waals surface area contributed by atoms with Gasteiger partial charge in [0.2, 0.25) is 0 Å². The van der Waals surface area contributed by atoms with E-state index in [1.807, 2.05) is 91.9 Å². The van der Waals surface area contributed by atoms with E-state index in [2.05, 4.69) is 16.7 Å². The van der Waals surface area contributed by atoms with Crippen LogP contribution in [0.2, 0.25) is 0 Å². The predicted molar refractivity (Wildman–Crippen MR) is 130 cm³/mol. The molecule has 0 aliphatic carbocycles. The number of nitrogens with one attached hydrogen (secondary N) is 2. The zero-order chi connectivity index (χ0) is 22.3. The summed E-state index contributed by atoms with van der Waals surface area (Å²) in [4.78, 5) is 18.1. The molecule has 32 heavy (non-hydrogen) atoms. The number of thioether (sulfide) groups is 1. The number of amidine groups is 1. The molecule has 6 heteroatoms. The lowest BCUT2D eigenvalue weighted by atomic mass is 9.96. The van der Waals surface area contributed by atoms with Gasteiger partial charge in [0, 0.05) is 17.1 Å². The highest BCUT2D eigenvalue weighted by atomic mass is 32.2. The van der Waals surface area contributed by atoms with Crippen molar-refractivity contribution in [1.82, 2.24) is 5.32 Å². The minimum Gasteiger partial charge on any atom is -0.338 e. The van der Waals surface area contributed by atoms with Gasteiger partial charge in [-0.05, 0) is 36.2 Å². The number of carbonyl (C=O) groups excluding carboxylic acids is 1. The van der Waals surface area contributed by atoms with E-state index in [0.717, 1.165) is 27.7 Å². The summed E-state index contributed by atoms with van der Waals surface area (Å²) in [5.41, 5.74) is 4.64. The number of allylic oxidation sites excluding steroid dienone is 1. The Morgan fingerprint density at radius 1 is 1.03 bits per heavy atom. The monoisotopic (exact) mass is 438 g/mol. The van der Waals surface area contributed by atoms with Crippen LogP contribution in [0.5, 0.6) is 0 Å². The van der Waals surface area contributed by atoms with E-state index < -0.39 is 6.04 Å². The second-order valence-electron chi connectivity index (χ2n) is 7.29. The maximum Gasteiger partial charge on any atom is 0.255 e. The molecule has 2 N–H and O–H groups in total. The largest absolute Gasteiger partial charge is 0.338 e. The van der Waals surface area contributed by atoms with Crippen molar-refractivity contribution >= 4 is 28.5 Å². The van der Waals surface area contributed by atoms with Crippen molar-refractivity contribution < 1.29 is 4.79 Å². The molecule has 1 atom stereocenters. The van der Waals surface area contributed by atoms with Crippen LogP contribution in [0, 0.1) is 11.3 Å². The maximum atomic E-state index is 13.2. The first-order valence-corrected chi connectivity index (χ1v) is 11.2. The zero-order valence-electron chi connectivity index (χ0n) is 17.6. The van der Waals surface area contributed by atoms with Crippen molar-refractivity contribution in [2.24, 2.45) is 4.99 Å². The third-order valence-electron chi connectivity index (χ3n) is 5.11. The Balaban J connectivity index is 1.60. The van der Waals surface area contributed by atoms with Crippen LogP contribution in [0.3, 0.4) is 0 Å². The van der Waals surface area contributed by atoms with Crippen LogP contribution >= 0.6 is 11.8 Å². The molecule has 0 fully saturated rings. The van der Waals surface area contributed by atoms with E-state index in [1.54, 1.807) is 0 Å².